The summed E-state index contributed by atoms with van der Waals surface area (Å²) < 4.78 is 8.44. The van der Waals surface area contributed by atoms with Crippen LogP contribution in [0, 0.1) is 0 Å². The molecule has 152 valence electrons. The fourth-order valence-electron chi connectivity index (χ4n) is 3.49. The Hall–Kier alpha value is -3.00. The normalized spacial score (nSPS) is 16.6. The van der Waals surface area contributed by atoms with Crippen LogP contribution in [0.3, 0.4) is 0 Å². The molecule has 8 nitrogen and oxygen atoms in total. The van der Waals surface area contributed by atoms with Gasteiger partial charge in [0.25, 0.3) is 5.56 Å². The van der Waals surface area contributed by atoms with Gasteiger partial charge in [0.15, 0.2) is 5.65 Å². The van der Waals surface area contributed by atoms with E-state index in [4.69, 9.17) is 4.74 Å². The zero-order valence-electron chi connectivity index (χ0n) is 16.7. The molecular weight excluding hydrogens is 370 g/mol. The number of nitrogens with zero attached hydrogens (tertiary/aromatic N) is 4. The molecule has 0 unspecified atom stereocenters. The van der Waals surface area contributed by atoms with Gasteiger partial charge in [-0.1, -0.05) is 26.0 Å². The Morgan fingerprint density at radius 1 is 1.31 bits per heavy atom. The first-order valence-corrected chi connectivity index (χ1v) is 9.94. The molecule has 1 aliphatic rings. The average Bonchev–Trinajstić information content (AvgIpc) is 3.38. The lowest BCUT2D eigenvalue weighted by atomic mass is 10.0. The second-order valence-corrected chi connectivity index (χ2v) is 7.66. The first-order chi connectivity index (χ1) is 14.0. The highest BCUT2D eigenvalue weighted by Gasteiger charge is 2.17. The van der Waals surface area contributed by atoms with Gasteiger partial charge < -0.3 is 10.1 Å². The Bertz CT molecular complexity index is 1060. The van der Waals surface area contributed by atoms with Crippen LogP contribution in [0.25, 0.3) is 16.7 Å². The van der Waals surface area contributed by atoms with Crippen molar-refractivity contribution >= 4 is 16.9 Å². The Kier molecular flexibility index (Phi) is 5.44. The van der Waals surface area contributed by atoms with Crippen molar-refractivity contribution in [3.05, 3.63) is 52.7 Å². The third kappa shape index (κ3) is 4.07. The molecule has 0 radical (unpaired) electrons. The zero-order valence-corrected chi connectivity index (χ0v) is 16.7. The van der Waals surface area contributed by atoms with Crippen molar-refractivity contribution in [3.8, 4) is 5.69 Å². The van der Waals surface area contributed by atoms with Gasteiger partial charge in [0.2, 0.25) is 5.91 Å². The molecule has 1 aliphatic heterocycles. The van der Waals surface area contributed by atoms with Crippen LogP contribution in [-0.2, 0) is 16.1 Å². The van der Waals surface area contributed by atoms with Crippen molar-refractivity contribution in [1.29, 1.82) is 0 Å². The quantitative estimate of drug-likeness (QED) is 0.689. The molecule has 1 aromatic carbocycles. The van der Waals surface area contributed by atoms with E-state index in [1.54, 1.807) is 4.68 Å². The van der Waals surface area contributed by atoms with E-state index in [0.717, 1.165) is 25.1 Å². The number of carbonyl (C=O) groups excluding carboxylic acids is 1. The molecule has 0 saturated carbocycles. The van der Waals surface area contributed by atoms with Crippen LogP contribution in [0.4, 0.5) is 0 Å². The van der Waals surface area contributed by atoms with Gasteiger partial charge in [0.05, 0.1) is 18.0 Å². The maximum absolute atomic E-state index is 12.8. The lowest BCUT2D eigenvalue weighted by molar-refractivity contribution is -0.122. The van der Waals surface area contributed by atoms with Gasteiger partial charge >= 0.3 is 0 Å². The molecule has 4 rings (SSSR count). The SMILES string of the molecule is CC(C)c1ccc(-n2ncc3c(=O)n(CC(=O)NC[C@@H]4CCCO4)cnc32)cc1. The van der Waals surface area contributed by atoms with E-state index in [-0.39, 0.29) is 24.1 Å². The number of benzene rings is 1. The number of amides is 1. The molecule has 8 heteroatoms. The van der Waals surface area contributed by atoms with Gasteiger partial charge in [-0.3, -0.25) is 14.2 Å². The Morgan fingerprint density at radius 2 is 2.10 bits per heavy atom. The molecule has 1 amide bonds. The minimum Gasteiger partial charge on any atom is -0.376 e. The fourth-order valence-corrected chi connectivity index (χ4v) is 3.49. The number of ether oxygens (including phenoxy) is 1. The van der Waals surface area contributed by atoms with Crippen LogP contribution in [-0.4, -0.2) is 44.5 Å². The number of carbonyl (C=O) groups is 1. The minimum atomic E-state index is -0.285. The first kappa shape index (κ1) is 19.3. The van der Waals surface area contributed by atoms with Crippen molar-refractivity contribution in [2.45, 2.75) is 45.3 Å². The first-order valence-electron chi connectivity index (χ1n) is 9.94. The van der Waals surface area contributed by atoms with Crippen molar-refractivity contribution in [2.24, 2.45) is 0 Å². The number of nitrogens with one attached hydrogen (secondary N) is 1. The van der Waals surface area contributed by atoms with Gasteiger partial charge in [-0.05, 0) is 36.5 Å². The molecular formula is C21H25N5O3. The standard InChI is InChI=1S/C21H25N5O3/c1-14(2)15-5-7-16(8-6-15)26-20-18(11-24-26)21(28)25(13-23-20)12-19(27)22-10-17-4-3-9-29-17/h5-8,11,13-14,17H,3-4,9-10,12H2,1-2H3,(H,22,27)/t17-/m0/s1. The number of hydrogen-bond donors (Lipinski definition) is 1. The Balaban J connectivity index is 1.52. The molecule has 1 saturated heterocycles. The highest BCUT2D eigenvalue weighted by Crippen LogP contribution is 2.18. The number of hydrogen-bond acceptors (Lipinski definition) is 5. The molecule has 0 bridgehead atoms. The second kappa shape index (κ2) is 8.16. The molecule has 1 fully saturated rings. The van der Waals surface area contributed by atoms with Crippen molar-refractivity contribution < 1.29 is 9.53 Å². The third-order valence-electron chi connectivity index (χ3n) is 5.22. The molecule has 29 heavy (non-hydrogen) atoms. The molecule has 1 N–H and O–H groups in total. The van der Waals surface area contributed by atoms with Gasteiger partial charge in [-0.25, -0.2) is 9.67 Å². The van der Waals surface area contributed by atoms with E-state index in [9.17, 15) is 9.59 Å². The van der Waals surface area contributed by atoms with Gasteiger partial charge in [0.1, 0.15) is 18.3 Å². The Morgan fingerprint density at radius 3 is 2.79 bits per heavy atom. The molecule has 0 aliphatic carbocycles. The summed E-state index contributed by atoms with van der Waals surface area (Å²) in [5.41, 5.74) is 2.26. The largest absolute Gasteiger partial charge is 0.376 e. The van der Waals surface area contributed by atoms with Crippen LogP contribution < -0.4 is 10.9 Å². The predicted molar refractivity (Wildman–Crippen MR) is 109 cm³/mol. The number of aromatic nitrogens is 4. The molecule has 2 aromatic heterocycles. The zero-order chi connectivity index (χ0) is 20.4. The van der Waals surface area contributed by atoms with Crippen molar-refractivity contribution in [1.82, 2.24) is 24.6 Å². The molecule has 3 aromatic rings. The van der Waals surface area contributed by atoms with E-state index in [0.29, 0.717) is 23.5 Å². The average molecular weight is 395 g/mol. The lowest BCUT2D eigenvalue weighted by Gasteiger charge is -2.11. The van der Waals surface area contributed by atoms with E-state index < -0.39 is 0 Å². The van der Waals surface area contributed by atoms with Crippen molar-refractivity contribution in [2.75, 3.05) is 13.2 Å². The maximum Gasteiger partial charge on any atom is 0.264 e. The third-order valence-corrected chi connectivity index (χ3v) is 5.22. The predicted octanol–water partition coefficient (Wildman–Crippen LogP) is 2.00. The highest BCUT2D eigenvalue weighted by atomic mass is 16.5. The smallest absolute Gasteiger partial charge is 0.264 e. The lowest BCUT2D eigenvalue weighted by Crippen LogP contribution is -2.36. The van der Waals surface area contributed by atoms with Gasteiger partial charge in [-0.15, -0.1) is 0 Å². The highest BCUT2D eigenvalue weighted by molar-refractivity contribution is 5.77. The van der Waals surface area contributed by atoms with Crippen LogP contribution in [0.15, 0.2) is 41.6 Å². The van der Waals surface area contributed by atoms with Crippen molar-refractivity contribution in [3.63, 3.8) is 0 Å². The summed E-state index contributed by atoms with van der Waals surface area (Å²) in [6.45, 7) is 5.40. The van der Waals surface area contributed by atoms with E-state index >= 15 is 0 Å². The summed E-state index contributed by atoms with van der Waals surface area (Å²) in [5, 5.41) is 7.54. The van der Waals surface area contributed by atoms with Gasteiger partial charge in [0, 0.05) is 13.2 Å². The van der Waals surface area contributed by atoms with E-state index in [2.05, 4.69) is 29.2 Å². The number of fused-ring (bicyclic) bond motifs is 1. The summed E-state index contributed by atoms with van der Waals surface area (Å²) in [4.78, 5) is 29.4. The fraction of sp³-hybridized carbons (Fsp3) is 0.429. The van der Waals surface area contributed by atoms with E-state index in [1.165, 1.54) is 22.7 Å². The number of rotatable bonds is 6. The topological polar surface area (TPSA) is 91.0 Å². The maximum atomic E-state index is 12.8. The van der Waals surface area contributed by atoms with Crippen LogP contribution >= 0.6 is 0 Å². The van der Waals surface area contributed by atoms with Gasteiger partial charge in [-0.2, -0.15) is 5.10 Å². The summed E-state index contributed by atoms with van der Waals surface area (Å²) in [7, 11) is 0. The monoisotopic (exact) mass is 395 g/mol. The molecule has 0 spiro atoms. The minimum absolute atomic E-state index is 0.0663. The summed E-state index contributed by atoms with van der Waals surface area (Å²) in [5.74, 6) is 0.204. The molecule has 3 heterocycles. The summed E-state index contributed by atoms with van der Waals surface area (Å²) in [6.07, 6.45) is 4.94. The van der Waals surface area contributed by atoms with E-state index in [1.807, 2.05) is 24.3 Å². The van der Waals surface area contributed by atoms with Crippen LogP contribution in [0.1, 0.15) is 38.2 Å². The summed E-state index contributed by atoms with van der Waals surface area (Å²) >= 11 is 0. The van der Waals surface area contributed by atoms with Crippen LogP contribution in [0.5, 0.6) is 0 Å². The Labute approximate surface area is 168 Å². The molecule has 1 atom stereocenters. The van der Waals surface area contributed by atoms with Crippen LogP contribution in [0.2, 0.25) is 0 Å². The second-order valence-electron chi connectivity index (χ2n) is 7.66. The summed E-state index contributed by atoms with van der Waals surface area (Å²) in [6, 6.07) is 8.03.